The number of carbonyl (C=O) groups is 1. The van der Waals surface area contributed by atoms with Gasteiger partial charge in [-0.15, -0.1) is 0 Å². The van der Waals surface area contributed by atoms with Crippen molar-refractivity contribution < 1.29 is 13.2 Å². The summed E-state index contributed by atoms with van der Waals surface area (Å²) in [4.78, 5) is 45.4. The fourth-order valence-electron chi connectivity index (χ4n) is 5.11. The maximum atomic E-state index is 14.3. The molecule has 0 saturated heterocycles. The van der Waals surface area contributed by atoms with Gasteiger partial charge >= 0.3 is 0 Å². The molecular formula is C34H30N10O4S. The maximum Gasteiger partial charge on any atom is 0.274 e. The number of nitrogens with zero attached hydrogens (tertiary/aromatic N) is 7. The van der Waals surface area contributed by atoms with E-state index in [1.165, 1.54) is 29.2 Å². The van der Waals surface area contributed by atoms with Crippen molar-refractivity contribution >= 4 is 38.3 Å². The lowest BCUT2D eigenvalue weighted by atomic mass is 10.1. The first-order chi connectivity index (χ1) is 23.4. The second-order valence-corrected chi connectivity index (χ2v) is 12.9. The van der Waals surface area contributed by atoms with Crippen LogP contribution in [0.5, 0.6) is 0 Å². The van der Waals surface area contributed by atoms with Crippen LogP contribution in [-0.2, 0) is 17.1 Å². The number of nitrogen functional groups attached to an aromatic ring is 1. The molecule has 15 heteroatoms. The lowest BCUT2D eigenvalue weighted by Gasteiger charge is -2.20. The predicted molar refractivity (Wildman–Crippen MR) is 185 cm³/mol. The lowest BCUT2D eigenvalue weighted by molar-refractivity contribution is 0.0933. The highest BCUT2D eigenvalue weighted by Crippen LogP contribution is 2.23. The van der Waals surface area contributed by atoms with Gasteiger partial charge in [0.25, 0.3) is 11.5 Å². The molecule has 0 saturated carbocycles. The molecular weight excluding hydrogens is 645 g/mol. The van der Waals surface area contributed by atoms with E-state index in [-0.39, 0.29) is 34.3 Å². The van der Waals surface area contributed by atoms with E-state index >= 15 is 0 Å². The number of rotatable bonds is 7. The maximum absolute atomic E-state index is 14.3. The number of hydrogen-bond acceptors (Lipinski definition) is 10. The third-order valence-electron chi connectivity index (χ3n) is 7.59. The van der Waals surface area contributed by atoms with Crippen molar-refractivity contribution in [3.05, 3.63) is 118 Å². The Labute approximate surface area is 281 Å². The number of sulfonamides is 1. The Kier molecular flexibility index (Phi) is 8.64. The van der Waals surface area contributed by atoms with Crippen molar-refractivity contribution in [1.29, 1.82) is 0 Å². The molecule has 14 nitrogen and oxygen atoms in total. The standard InChI is InChI=1S/C34H30N10O4S/c1-20(39-33(45)30-31(35)37-19-28(40-30)24-15-25(18-36-16-24)42-49(4,47)48)32-41-27-12-8-9-22(13-14-23-17-38-43(3)21(23)2)29(27)34(46)44(32)26-10-6-5-7-11-26/h5-12,15-20,42H,1-4H3,(H2,35,37)(H,39,45)/t20-/m0/s1. The quantitative estimate of drug-likeness (QED) is 0.212. The lowest BCUT2D eigenvalue weighted by Crippen LogP contribution is -2.34. The molecule has 0 spiro atoms. The van der Waals surface area contributed by atoms with Crippen LogP contribution in [0.2, 0.25) is 0 Å². The number of aromatic nitrogens is 7. The molecule has 0 fully saturated rings. The molecule has 4 heterocycles. The molecule has 2 aromatic carbocycles. The first kappa shape index (κ1) is 32.5. The molecule has 246 valence electrons. The Morgan fingerprint density at radius 2 is 1.73 bits per heavy atom. The average Bonchev–Trinajstić information content (AvgIpc) is 3.39. The minimum Gasteiger partial charge on any atom is -0.382 e. The molecule has 0 radical (unpaired) electrons. The van der Waals surface area contributed by atoms with Gasteiger partial charge in [0, 0.05) is 24.4 Å². The minimum absolute atomic E-state index is 0.134. The zero-order chi connectivity index (χ0) is 34.9. The number of benzene rings is 2. The van der Waals surface area contributed by atoms with Crippen molar-refractivity contribution in [2.24, 2.45) is 7.05 Å². The third-order valence-corrected chi connectivity index (χ3v) is 8.20. The number of hydrogen-bond donors (Lipinski definition) is 3. The van der Waals surface area contributed by atoms with Crippen LogP contribution in [-0.4, -0.2) is 54.9 Å². The molecule has 4 aromatic heterocycles. The van der Waals surface area contributed by atoms with E-state index in [2.05, 4.69) is 41.9 Å². The van der Waals surface area contributed by atoms with E-state index in [1.807, 2.05) is 20.0 Å². The number of para-hydroxylation sites is 1. The molecule has 0 aliphatic heterocycles. The van der Waals surface area contributed by atoms with Crippen LogP contribution >= 0.6 is 0 Å². The minimum atomic E-state index is -3.55. The Hall–Kier alpha value is -6.40. The van der Waals surface area contributed by atoms with Crippen LogP contribution in [0.1, 0.15) is 46.1 Å². The Morgan fingerprint density at radius 1 is 0.980 bits per heavy atom. The molecule has 49 heavy (non-hydrogen) atoms. The van der Waals surface area contributed by atoms with Crippen LogP contribution in [0, 0.1) is 18.8 Å². The van der Waals surface area contributed by atoms with Gasteiger partial charge in [0.15, 0.2) is 11.5 Å². The fourth-order valence-corrected chi connectivity index (χ4v) is 5.65. The Bertz CT molecular complexity index is 2480. The first-order valence-electron chi connectivity index (χ1n) is 14.9. The predicted octanol–water partition coefficient (Wildman–Crippen LogP) is 3.12. The summed E-state index contributed by atoms with van der Waals surface area (Å²) in [7, 11) is -1.72. The first-order valence-corrected chi connectivity index (χ1v) is 16.8. The van der Waals surface area contributed by atoms with E-state index in [4.69, 9.17) is 10.7 Å². The van der Waals surface area contributed by atoms with Gasteiger partial charge < -0.3 is 11.1 Å². The molecule has 1 amide bonds. The van der Waals surface area contributed by atoms with Gasteiger partial charge in [0.2, 0.25) is 10.0 Å². The summed E-state index contributed by atoms with van der Waals surface area (Å²) in [5.41, 5.74) is 9.46. The molecule has 0 aliphatic rings. The third kappa shape index (κ3) is 6.85. The van der Waals surface area contributed by atoms with Crippen LogP contribution in [0.15, 0.2) is 84.2 Å². The van der Waals surface area contributed by atoms with Crippen LogP contribution in [0.3, 0.4) is 0 Å². The second kappa shape index (κ2) is 13.0. The zero-order valence-corrected chi connectivity index (χ0v) is 27.6. The summed E-state index contributed by atoms with van der Waals surface area (Å²) in [5, 5.41) is 7.42. The molecule has 0 unspecified atom stereocenters. The van der Waals surface area contributed by atoms with Gasteiger partial charge in [-0.2, -0.15) is 5.10 Å². The number of pyridine rings is 1. The van der Waals surface area contributed by atoms with E-state index < -0.39 is 22.0 Å². The van der Waals surface area contributed by atoms with Crippen molar-refractivity contribution in [3.8, 4) is 28.8 Å². The van der Waals surface area contributed by atoms with Crippen LogP contribution in [0.25, 0.3) is 27.8 Å². The average molecular weight is 675 g/mol. The van der Waals surface area contributed by atoms with Crippen molar-refractivity contribution in [1.82, 2.24) is 39.6 Å². The molecule has 6 rings (SSSR count). The molecule has 6 aromatic rings. The molecule has 4 N–H and O–H groups in total. The highest BCUT2D eigenvalue weighted by Gasteiger charge is 2.23. The highest BCUT2D eigenvalue weighted by atomic mass is 32.2. The van der Waals surface area contributed by atoms with Gasteiger partial charge in [0.1, 0.15) is 5.82 Å². The summed E-state index contributed by atoms with van der Waals surface area (Å²) < 4.78 is 28.9. The summed E-state index contributed by atoms with van der Waals surface area (Å²) in [5.74, 6) is 5.70. The van der Waals surface area contributed by atoms with Gasteiger partial charge in [-0.1, -0.05) is 36.1 Å². The molecule has 0 bridgehead atoms. The number of fused-ring (bicyclic) bond motifs is 1. The van der Waals surface area contributed by atoms with Gasteiger partial charge in [-0.05, 0) is 44.2 Å². The highest BCUT2D eigenvalue weighted by molar-refractivity contribution is 7.92. The normalized spacial score (nSPS) is 11.8. The number of amides is 1. The number of nitrogens with one attached hydrogen (secondary N) is 2. The van der Waals surface area contributed by atoms with Gasteiger partial charge in [-0.3, -0.25) is 28.5 Å². The molecule has 0 aliphatic carbocycles. The second-order valence-electron chi connectivity index (χ2n) is 11.2. The van der Waals surface area contributed by atoms with Crippen molar-refractivity contribution in [2.75, 3.05) is 16.7 Å². The SMILES string of the molecule is Cc1c(C#Cc2cccc3nc([C@H](C)NC(=O)c4nc(-c5cncc(NS(C)(=O)=O)c5)cnc4N)n(-c4ccccc4)c(=O)c23)cnn1C. The summed E-state index contributed by atoms with van der Waals surface area (Å²) in [6.45, 7) is 3.60. The monoisotopic (exact) mass is 674 g/mol. The number of carbonyl (C=O) groups excluding carboxylic acids is 1. The van der Waals surface area contributed by atoms with E-state index in [0.29, 0.717) is 27.7 Å². The van der Waals surface area contributed by atoms with Crippen molar-refractivity contribution in [2.45, 2.75) is 19.9 Å². The fraction of sp³-hybridized carbons (Fsp3) is 0.147. The smallest absolute Gasteiger partial charge is 0.274 e. The zero-order valence-electron chi connectivity index (χ0n) is 26.8. The molecule has 1 atom stereocenters. The van der Waals surface area contributed by atoms with Crippen LogP contribution < -0.4 is 21.3 Å². The van der Waals surface area contributed by atoms with E-state index in [1.54, 1.807) is 60.3 Å². The van der Waals surface area contributed by atoms with E-state index in [0.717, 1.165) is 17.5 Å². The van der Waals surface area contributed by atoms with Gasteiger partial charge in [0.05, 0.1) is 70.1 Å². The Balaban J connectivity index is 1.39. The summed E-state index contributed by atoms with van der Waals surface area (Å²) in [6, 6.07) is 14.9. The number of anilines is 2. The summed E-state index contributed by atoms with van der Waals surface area (Å²) >= 11 is 0. The number of aryl methyl sites for hydroxylation is 1. The van der Waals surface area contributed by atoms with Crippen LogP contribution in [0.4, 0.5) is 11.5 Å². The largest absolute Gasteiger partial charge is 0.382 e. The summed E-state index contributed by atoms with van der Waals surface area (Å²) in [6.07, 6.45) is 6.83. The van der Waals surface area contributed by atoms with Gasteiger partial charge in [-0.25, -0.2) is 23.4 Å². The Morgan fingerprint density at radius 3 is 2.45 bits per heavy atom. The van der Waals surface area contributed by atoms with E-state index in [9.17, 15) is 18.0 Å². The number of nitrogens with two attached hydrogens (primary N) is 1. The topological polar surface area (TPSA) is 193 Å². The van der Waals surface area contributed by atoms with Crippen molar-refractivity contribution in [3.63, 3.8) is 0 Å².